The third-order valence-electron chi connectivity index (χ3n) is 3.43. The van der Waals surface area contributed by atoms with Crippen LogP contribution in [0, 0.1) is 17.1 Å². The number of benzene rings is 1. The van der Waals surface area contributed by atoms with Crippen molar-refractivity contribution in [2.24, 2.45) is 0 Å². The minimum atomic E-state index is -0.602. The molecule has 0 bridgehead atoms. The van der Waals surface area contributed by atoms with Crippen molar-refractivity contribution in [1.82, 2.24) is 4.90 Å². The summed E-state index contributed by atoms with van der Waals surface area (Å²) < 4.78 is 13.7. The highest BCUT2D eigenvalue weighted by atomic mass is 35.5. The average Bonchev–Trinajstić information content (AvgIpc) is 2.92. The summed E-state index contributed by atoms with van der Waals surface area (Å²) in [6, 6.07) is 5.91. The van der Waals surface area contributed by atoms with Crippen molar-refractivity contribution in [3.63, 3.8) is 0 Å². The number of hydrogen-bond acceptors (Lipinski definition) is 2. The van der Waals surface area contributed by atoms with Crippen LogP contribution in [0.4, 0.5) is 4.39 Å². The van der Waals surface area contributed by atoms with E-state index in [-0.39, 0.29) is 18.2 Å². The molecule has 1 saturated carbocycles. The molecule has 0 heterocycles. The predicted molar refractivity (Wildman–Crippen MR) is 70.3 cm³/mol. The summed E-state index contributed by atoms with van der Waals surface area (Å²) in [5, 5.41) is 9.17. The smallest absolute Gasteiger partial charge is 0.257 e. The molecule has 0 radical (unpaired) electrons. The van der Waals surface area contributed by atoms with E-state index in [0.717, 1.165) is 25.7 Å². The van der Waals surface area contributed by atoms with Gasteiger partial charge in [-0.3, -0.25) is 4.79 Å². The largest absolute Gasteiger partial charge is 0.322 e. The summed E-state index contributed by atoms with van der Waals surface area (Å²) in [5.41, 5.74) is -0.0605. The van der Waals surface area contributed by atoms with Gasteiger partial charge in [-0.25, -0.2) is 4.39 Å². The number of rotatable bonds is 3. The lowest BCUT2D eigenvalue weighted by molar-refractivity contribution is 0.0704. The summed E-state index contributed by atoms with van der Waals surface area (Å²) in [6.45, 7) is -0.0184. The molecule has 0 atom stereocenters. The Labute approximate surface area is 116 Å². The van der Waals surface area contributed by atoms with Crippen molar-refractivity contribution in [3.05, 3.63) is 34.6 Å². The van der Waals surface area contributed by atoms with E-state index in [0.29, 0.717) is 5.02 Å². The molecule has 1 aromatic carbocycles. The maximum absolute atomic E-state index is 13.7. The highest BCUT2D eigenvalue weighted by Crippen LogP contribution is 2.26. The molecule has 5 heteroatoms. The third kappa shape index (κ3) is 3.05. The van der Waals surface area contributed by atoms with Gasteiger partial charge in [0.25, 0.3) is 5.91 Å². The highest BCUT2D eigenvalue weighted by molar-refractivity contribution is 6.31. The van der Waals surface area contributed by atoms with Gasteiger partial charge in [0.05, 0.1) is 11.6 Å². The van der Waals surface area contributed by atoms with Crippen molar-refractivity contribution in [1.29, 1.82) is 5.26 Å². The van der Waals surface area contributed by atoms with Gasteiger partial charge in [0, 0.05) is 11.1 Å². The second kappa shape index (κ2) is 6.03. The van der Waals surface area contributed by atoms with E-state index >= 15 is 0 Å². The zero-order valence-corrected chi connectivity index (χ0v) is 11.2. The number of nitriles is 1. The molecule has 1 amide bonds. The third-order valence-corrected chi connectivity index (χ3v) is 3.66. The second-order valence-corrected chi connectivity index (χ2v) is 5.09. The van der Waals surface area contributed by atoms with Crippen LogP contribution >= 0.6 is 11.6 Å². The van der Waals surface area contributed by atoms with Gasteiger partial charge < -0.3 is 4.90 Å². The summed E-state index contributed by atoms with van der Waals surface area (Å²) in [4.78, 5) is 13.8. The molecule has 1 fully saturated rings. The van der Waals surface area contributed by atoms with E-state index in [2.05, 4.69) is 0 Å². The normalized spacial score (nSPS) is 15.2. The van der Waals surface area contributed by atoms with Crippen molar-refractivity contribution in [3.8, 4) is 6.07 Å². The Morgan fingerprint density at radius 2 is 2.16 bits per heavy atom. The fourth-order valence-corrected chi connectivity index (χ4v) is 2.65. The molecule has 0 aromatic heterocycles. The molecular formula is C14H14ClFN2O. The van der Waals surface area contributed by atoms with Crippen LogP contribution in [0.2, 0.25) is 5.02 Å². The van der Waals surface area contributed by atoms with Crippen LogP contribution in [0.15, 0.2) is 18.2 Å². The summed E-state index contributed by atoms with van der Waals surface area (Å²) in [6.07, 6.45) is 3.82. The van der Waals surface area contributed by atoms with E-state index in [1.807, 2.05) is 6.07 Å². The lowest BCUT2D eigenvalue weighted by Crippen LogP contribution is -2.39. The van der Waals surface area contributed by atoms with E-state index in [1.165, 1.54) is 23.1 Å². The van der Waals surface area contributed by atoms with Gasteiger partial charge in [0.2, 0.25) is 0 Å². The van der Waals surface area contributed by atoms with E-state index in [9.17, 15) is 9.18 Å². The molecule has 0 N–H and O–H groups in total. The molecule has 1 aliphatic carbocycles. The Hall–Kier alpha value is -1.60. The second-order valence-electron chi connectivity index (χ2n) is 4.65. The summed E-state index contributed by atoms with van der Waals surface area (Å²) in [5.74, 6) is -1.05. The molecule has 0 unspecified atom stereocenters. The molecule has 1 aliphatic rings. The number of carbonyl (C=O) groups excluding carboxylic acids is 1. The average molecular weight is 281 g/mol. The van der Waals surface area contributed by atoms with Gasteiger partial charge in [-0.05, 0) is 31.0 Å². The van der Waals surface area contributed by atoms with Crippen LogP contribution in [0.3, 0.4) is 0 Å². The Bertz CT molecular complexity index is 521. The van der Waals surface area contributed by atoms with Crippen LogP contribution in [0.5, 0.6) is 0 Å². The van der Waals surface area contributed by atoms with Crippen molar-refractivity contribution in [2.75, 3.05) is 6.54 Å². The van der Waals surface area contributed by atoms with Gasteiger partial charge in [-0.15, -0.1) is 0 Å². The number of hydrogen-bond donors (Lipinski definition) is 0. The molecule has 100 valence electrons. The predicted octanol–water partition coefficient (Wildman–Crippen LogP) is 3.39. The maximum atomic E-state index is 13.7. The minimum Gasteiger partial charge on any atom is -0.322 e. The fourth-order valence-electron chi connectivity index (χ4n) is 2.47. The number of nitrogens with zero attached hydrogens (tertiary/aromatic N) is 2. The lowest BCUT2D eigenvalue weighted by atomic mass is 10.1. The molecule has 0 saturated heterocycles. The van der Waals surface area contributed by atoms with Crippen LogP contribution in [0.25, 0.3) is 0 Å². The molecule has 3 nitrogen and oxygen atoms in total. The standard InChI is InChI=1S/C14H14ClFN2O/c15-10-5-6-13(16)12(9-10)14(19)18(8-7-17)11-3-1-2-4-11/h5-6,9,11H,1-4,8H2. The van der Waals surface area contributed by atoms with E-state index in [4.69, 9.17) is 16.9 Å². The molecular weight excluding hydrogens is 267 g/mol. The van der Waals surface area contributed by atoms with Gasteiger partial charge in [-0.1, -0.05) is 24.4 Å². The first-order valence-electron chi connectivity index (χ1n) is 6.26. The first-order valence-corrected chi connectivity index (χ1v) is 6.64. The van der Waals surface area contributed by atoms with Crippen molar-refractivity contribution < 1.29 is 9.18 Å². The Balaban J connectivity index is 2.28. The number of carbonyl (C=O) groups is 1. The molecule has 19 heavy (non-hydrogen) atoms. The molecule has 0 aliphatic heterocycles. The van der Waals surface area contributed by atoms with Gasteiger partial charge >= 0.3 is 0 Å². The van der Waals surface area contributed by atoms with Gasteiger partial charge in [0.1, 0.15) is 12.4 Å². The number of halogens is 2. The minimum absolute atomic E-state index is 0.0184. The topological polar surface area (TPSA) is 44.1 Å². The monoisotopic (exact) mass is 280 g/mol. The Morgan fingerprint density at radius 3 is 2.79 bits per heavy atom. The van der Waals surface area contributed by atoms with Crippen molar-refractivity contribution in [2.45, 2.75) is 31.7 Å². The fraction of sp³-hybridized carbons (Fsp3) is 0.429. The van der Waals surface area contributed by atoms with Crippen LogP contribution in [-0.4, -0.2) is 23.4 Å². The van der Waals surface area contributed by atoms with Crippen molar-refractivity contribution >= 4 is 17.5 Å². The summed E-state index contributed by atoms with van der Waals surface area (Å²) in [7, 11) is 0. The van der Waals surface area contributed by atoms with E-state index < -0.39 is 11.7 Å². The Kier molecular flexibility index (Phi) is 4.39. The quantitative estimate of drug-likeness (QED) is 0.797. The molecule has 2 rings (SSSR count). The van der Waals surface area contributed by atoms with Crippen LogP contribution in [-0.2, 0) is 0 Å². The zero-order valence-electron chi connectivity index (χ0n) is 10.4. The zero-order chi connectivity index (χ0) is 13.8. The highest BCUT2D eigenvalue weighted by Gasteiger charge is 2.28. The lowest BCUT2D eigenvalue weighted by Gasteiger charge is -2.26. The molecule has 1 aromatic rings. The van der Waals surface area contributed by atoms with Gasteiger partial charge in [-0.2, -0.15) is 5.26 Å². The van der Waals surface area contributed by atoms with E-state index in [1.54, 1.807) is 0 Å². The van der Waals surface area contributed by atoms with Crippen LogP contribution in [0.1, 0.15) is 36.0 Å². The maximum Gasteiger partial charge on any atom is 0.257 e. The Morgan fingerprint density at radius 1 is 1.47 bits per heavy atom. The van der Waals surface area contributed by atoms with Gasteiger partial charge in [0.15, 0.2) is 0 Å². The first kappa shape index (κ1) is 13.8. The number of amides is 1. The summed E-state index contributed by atoms with van der Waals surface area (Å²) >= 11 is 5.80. The van der Waals surface area contributed by atoms with Crippen LogP contribution < -0.4 is 0 Å². The molecule has 0 spiro atoms. The first-order chi connectivity index (χ1) is 9.13. The SMILES string of the molecule is N#CCN(C(=O)c1cc(Cl)ccc1F)C1CCCC1.